The molecule has 0 bridgehead atoms. The summed E-state index contributed by atoms with van der Waals surface area (Å²) >= 11 is 0. The van der Waals surface area contributed by atoms with E-state index < -0.39 is 0 Å². The number of allylic oxidation sites excluding steroid dienone is 2. The van der Waals surface area contributed by atoms with Gasteiger partial charge in [-0.05, 0) is 31.2 Å². The fourth-order valence-electron chi connectivity index (χ4n) is 0.885. The smallest absolute Gasteiger partial charge is 0.269 e. The van der Waals surface area contributed by atoms with Crippen LogP contribution in [0.4, 0.5) is 0 Å². The molecule has 0 aromatic carbocycles. The van der Waals surface area contributed by atoms with Crippen molar-refractivity contribution in [2.45, 2.75) is 13.8 Å². The summed E-state index contributed by atoms with van der Waals surface area (Å²) in [4.78, 5) is 25.5. The molecule has 1 aromatic rings. The lowest BCUT2D eigenvalue weighted by Crippen LogP contribution is -2.36. The topological polar surface area (TPSA) is 83.5 Å². The number of hydrogen-bond donors (Lipinski definition) is 2. The van der Waals surface area contributed by atoms with Crippen LogP contribution in [-0.4, -0.2) is 10.9 Å². The predicted octanol–water partition coefficient (Wildman–Crippen LogP) is 1.33. The molecule has 0 aliphatic carbocycles. The van der Waals surface area contributed by atoms with E-state index in [4.69, 9.17) is 0 Å². The minimum Gasteiger partial charge on any atom is -0.301 e. The highest BCUT2D eigenvalue weighted by Gasteiger charge is 2.04. The summed E-state index contributed by atoms with van der Waals surface area (Å²) in [5.74, 6) is -0.305. The summed E-state index contributed by atoms with van der Waals surface area (Å²) in [5, 5.41) is 2.74. The lowest BCUT2D eigenvalue weighted by atomic mass is 10.2. The Kier molecular flexibility index (Phi) is 4.14. The van der Waals surface area contributed by atoms with Gasteiger partial charge < -0.3 is 5.43 Å². The zero-order valence-electron chi connectivity index (χ0n) is 9.02. The number of amides is 1. The van der Waals surface area contributed by atoms with Gasteiger partial charge in [0.25, 0.3) is 5.91 Å². The molecule has 0 spiro atoms. The van der Waals surface area contributed by atoms with Crippen LogP contribution in [0.25, 0.3) is 0 Å². The maximum absolute atomic E-state index is 11.5. The van der Waals surface area contributed by atoms with Gasteiger partial charge in [0.2, 0.25) is 0 Å². The first-order valence-electron chi connectivity index (χ1n) is 4.62. The van der Waals surface area contributed by atoms with Gasteiger partial charge in [-0.1, -0.05) is 0 Å². The molecule has 0 saturated heterocycles. The molecule has 2 N–H and O–H groups in total. The third-order valence-corrected chi connectivity index (χ3v) is 1.99. The summed E-state index contributed by atoms with van der Waals surface area (Å²) in [5.41, 5.74) is 6.30. The fraction of sp³-hybridized carbons (Fsp3) is 0.200. The quantitative estimate of drug-likeness (QED) is 0.592. The summed E-state index contributed by atoms with van der Waals surface area (Å²) in [6, 6.07) is 3.17. The molecule has 1 amide bonds. The Morgan fingerprint density at radius 2 is 1.88 bits per heavy atom. The molecule has 0 radical (unpaired) electrons. The standard InChI is InChI=1S/C10H12N4O2/c1-7(8(2)14-16)12-13-10(15)9-3-5-11-6-4-9/h3-6,12H,1-2H3,(H,13,15)/b8-7+. The molecule has 0 atom stereocenters. The van der Waals surface area contributed by atoms with Gasteiger partial charge >= 0.3 is 0 Å². The minimum absolute atomic E-state index is 0.287. The number of rotatable bonds is 4. The van der Waals surface area contributed by atoms with Crippen LogP contribution in [0.5, 0.6) is 0 Å². The lowest BCUT2D eigenvalue weighted by molar-refractivity contribution is 0.0938. The van der Waals surface area contributed by atoms with E-state index in [-0.39, 0.29) is 11.6 Å². The van der Waals surface area contributed by atoms with Crippen LogP contribution in [0.3, 0.4) is 0 Å². The second-order valence-corrected chi connectivity index (χ2v) is 3.12. The highest BCUT2D eigenvalue weighted by atomic mass is 16.3. The van der Waals surface area contributed by atoms with E-state index in [9.17, 15) is 9.70 Å². The third-order valence-electron chi connectivity index (χ3n) is 1.99. The van der Waals surface area contributed by atoms with Gasteiger partial charge in [0.1, 0.15) is 5.70 Å². The van der Waals surface area contributed by atoms with E-state index in [0.29, 0.717) is 11.3 Å². The number of hydrazine groups is 1. The van der Waals surface area contributed by atoms with Crippen LogP contribution < -0.4 is 10.9 Å². The van der Waals surface area contributed by atoms with E-state index >= 15 is 0 Å². The molecule has 1 rings (SSSR count). The van der Waals surface area contributed by atoms with Crippen molar-refractivity contribution in [1.82, 2.24) is 15.8 Å². The van der Waals surface area contributed by atoms with Gasteiger partial charge in [0, 0.05) is 18.0 Å². The van der Waals surface area contributed by atoms with Gasteiger partial charge in [-0.2, -0.15) is 0 Å². The van der Waals surface area contributed by atoms with Gasteiger partial charge in [-0.25, -0.2) is 0 Å². The molecule has 0 fully saturated rings. The van der Waals surface area contributed by atoms with Crippen molar-refractivity contribution >= 4 is 5.91 Å². The number of carbonyl (C=O) groups excluding carboxylic acids is 1. The summed E-state index contributed by atoms with van der Waals surface area (Å²) in [6.45, 7) is 3.19. The zero-order valence-corrected chi connectivity index (χ0v) is 9.02. The first kappa shape index (κ1) is 11.8. The normalized spacial score (nSPS) is 11.4. The van der Waals surface area contributed by atoms with Crippen molar-refractivity contribution < 1.29 is 4.79 Å². The Morgan fingerprint density at radius 1 is 1.25 bits per heavy atom. The van der Waals surface area contributed by atoms with E-state index in [1.165, 1.54) is 12.4 Å². The molecule has 6 nitrogen and oxygen atoms in total. The van der Waals surface area contributed by atoms with E-state index in [1.54, 1.807) is 26.0 Å². The molecular formula is C10H12N4O2. The maximum Gasteiger partial charge on any atom is 0.269 e. The largest absolute Gasteiger partial charge is 0.301 e. The van der Waals surface area contributed by atoms with Crippen molar-refractivity contribution in [3.8, 4) is 0 Å². The maximum atomic E-state index is 11.5. The number of nitroso groups, excluding NO2 is 1. The molecule has 0 unspecified atom stereocenters. The van der Waals surface area contributed by atoms with Crippen LogP contribution in [0.1, 0.15) is 24.2 Å². The van der Waals surface area contributed by atoms with Crippen molar-refractivity contribution in [3.63, 3.8) is 0 Å². The molecule has 0 aliphatic rings. The van der Waals surface area contributed by atoms with Crippen LogP contribution in [0, 0.1) is 4.91 Å². The SMILES string of the molecule is C/C(N=O)=C(/C)NNC(=O)c1ccncc1. The monoisotopic (exact) mass is 220 g/mol. The number of pyridine rings is 1. The lowest BCUT2D eigenvalue weighted by Gasteiger charge is -2.08. The molecule has 0 aliphatic heterocycles. The van der Waals surface area contributed by atoms with E-state index in [1.807, 2.05) is 0 Å². The van der Waals surface area contributed by atoms with Crippen molar-refractivity contribution in [3.05, 3.63) is 46.4 Å². The molecule has 1 aromatic heterocycles. The summed E-state index contributed by atoms with van der Waals surface area (Å²) in [6.07, 6.45) is 3.05. The molecule has 6 heteroatoms. The Morgan fingerprint density at radius 3 is 2.44 bits per heavy atom. The Labute approximate surface area is 92.7 Å². The number of aromatic nitrogens is 1. The van der Waals surface area contributed by atoms with Crippen LogP contribution in [0.2, 0.25) is 0 Å². The van der Waals surface area contributed by atoms with Crippen LogP contribution in [-0.2, 0) is 0 Å². The number of hydrogen-bond acceptors (Lipinski definition) is 5. The van der Waals surface area contributed by atoms with Crippen molar-refractivity contribution in [2.75, 3.05) is 0 Å². The van der Waals surface area contributed by atoms with Gasteiger partial charge in [0.15, 0.2) is 0 Å². The molecule has 1 heterocycles. The third kappa shape index (κ3) is 3.16. The number of nitrogens with zero attached hydrogens (tertiary/aromatic N) is 2. The average molecular weight is 220 g/mol. The average Bonchev–Trinajstić information content (AvgIpc) is 2.35. The predicted molar refractivity (Wildman–Crippen MR) is 59.0 cm³/mol. The summed E-state index contributed by atoms with van der Waals surface area (Å²) < 4.78 is 0. The first-order valence-corrected chi connectivity index (χ1v) is 4.62. The Balaban J connectivity index is 2.58. The number of nitrogens with one attached hydrogen (secondary N) is 2. The highest BCUT2D eigenvalue weighted by Crippen LogP contribution is 1.99. The van der Waals surface area contributed by atoms with E-state index in [2.05, 4.69) is 21.0 Å². The molecular weight excluding hydrogens is 208 g/mol. The summed E-state index contributed by atoms with van der Waals surface area (Å²) in [7, 11) is 0. The molecule has 0 saturated carbocycles. The minimum atomic E-state index is -0.305. The van der Waals surface area contributed by atoms with Crippen molar-refractivity contribution in [1.29, 1.82) is 0 Å². The molecule has 84 valence electrons. The Bertz CT molecular complexity index is 414. The number of carbonyl (C=O) groups is 1. The van der Waals surface area contributed by atoms with Gasteiger partial charge in [-0.15, -0.1) is 4.91 Å². The van der Waals surface area contributed by atoms with Crippen LogP contribution in [0.15, 0.2) is 41.1 Å². The second kappa shape index (κ2) is 5.59. The highest BCUT2D eigenvalue weighted by molar-refractivity contribution is 5.93. The fourth-order valence-corrected chi connectivity index (χ4v) is 0.885. The first-order chi connectivity index (χ1) is 7.65. The zero-order chi connectivity index (χ0) is 12.0. The van der Waals surface area contributed by atoms with Crippen molar-refractivity contribution in [2.24, 2.45) is 5.18 Å². The van der Waals surface area contributed by atoms with Gasteiger partial charge in [-0.3, -0.25) is 15.2 Å². The molecule has 16 heavy (non-hydrogen) atoms. The van der Waals surface area contributed by atoms with E-state index in [0.717, 1.165) is 0 Å². The Hall–Kier alpha value is -2.24. The van der Waals surface area contributed by atoms with Crippen LogP contribution >= 0.6 is 0 Å². The van der Waals surface area contributed by atoms with Gasteiger partial charge in [0.05, 0.1) is 5.70 Å². The second-order valence-electron chi connectivity index (χ2n) is 3.12.